The summed E-state index contributed by atoms with van der Waals surface area (Å²) in [6.45, 7) is 8.12. The highest BCUT2D eigenvalue weighted by Crippen LogP contribution is 2.28. The molecule has 2 aromatic carbocycles. The Kier molecular flexibility index (Phi) is 12.9. The van der Waals surface area contributed by atoms with Crippen LogP contribution < -0.4 is 9.47 Å². The van der Waals surface area contributed by atoms with Gasteiger partial charge in [0.05, 0.1) is 13.2 Å². The van der Waals surface area contributed by atoms with Crippen molar-refractivity contribution in [3.8, 4) is 22.6 Å². The summed E-state index contributed by atoms with van der Waals surface area (Å²) >= 11 is 0. The molecule has 0 unspecified atom stereocenters. The van der Waals surface area contributed by atoms with Gasteiger partial charge in [0.1, 0.15) is 17.3 Å². The molecule has 0 aliphatic heterocycles. The van der Waals surface area contributed by atoms with Crippen LogP contribution in [0.1, 0.15) is 91.4 Å². The molecule has 0 heterocycles. The first-order chi connectivity index (χ1) is 15.6. The Morgan fingerprint density at radius 1 is 0.719 bits per heavy atom. The van der Waals surface area contributed by atoms with E-state index in [-0.39, 0.29) is 5.82 Å². The van der Waals surface area contributed by atoms with Gasteiger partial charge in [0, 0.05) is 11.6 Å². The highest BCUT2D eigenvalue weighted by Gasteiger charge is 2.08. The highest BCUT2D eigenvalue weighted by atomic mass is 19.1. The van der Waals surface area contributed by atoms with Crippen molar-refractivity contribution in [2.24, 2.45) is 5.92 Å². The molecule has 32 heavy (non-hydrogen) atoms. The molecule has 0 aliphatic rings. The van der Waals surface area contributed by atoms with E-state index in [4.69, 9.17) is 9.47 Å². The SMILES string of the molecule is CCCCCCCCCCOc1ccc(-c2ccc(OCCC[C@@H](C)CC)cc2)c(F)c1. The molecule has 2 nitrogen and oxygen atoms in total. The van der Waals surface area contributed by atoms with Gasteiger partial charge in [0.2, 0.25) is 0 Å². The van der Waals surface area contributed by atoms with Gasteiger partial charge in [0.15, 0.2) is 0 Å². The molecule has 0 aliphatic carbocycles. The van der Waals surface area contributed by atoms with Gasteiger partial charge in [-0.05, 0) is 55.0 Å². The zero-order valence-corrected chi connectivity index (χ0v) is 20.5. The maximum absolute atomic E-state index is 14.7. The first-order valence-electron chi connectivity index (χ1n) is 12.8. The summed E-state index contributed by atoms with van der Waals surface area (Å²) in [6.07, 6.45) is 13.6. The van der Waals surface area contributed by atoms with Crippen LogP contribution in [0.4, 0.5) is 4.39 Å². The largest absolute Gasteiger partial charge is 0.494 e. The molecule has 0 saturated heterocycles. The summed E-state index contributed by atoms with van der Waals surface area (Å²) in [5.74, 6) is 1.94. The van der Waals surface area contributed by atoms with Crippen molar-refractivity contribution < 1.29 is 13.9 Å². The molecule has 178 valence electrons. The van der Waals surface area contributed by atoms with Gasteiger partial charge in [-0.1, -0.05) is 84.3 Å². The second-order valence-electron chi connectivity index (χ2n) is 8.99. The van der Waals surface area contributed by atoms with Crippen LogP contribution in [-0.4, -0.2) is 13.2 Å². The highest BCUT2D eigenvalue weighted by molar-refractivity contribution is 5.65. The molecule has 0 radical (unpaired) electrons. The minimum absolute atomic E-state index is 0.249. The number of rotatable bonds is 17. The van der Waals surface area contributed by atoms with Crippen molar-refractivity contribution >= 4 is 0 Å². The second kappa shape index (κ2) is 15.7. The van der Waals surface area contributed by atoms with Crippen LogP contribution >= 0.6 is 0 Å². The van der Waals surface area contributed by atoms with E-state index in [2.05, 4.69) is 20.8 Å². The number of ether oxygens (including phenoxy) is 2. The summed E-state index contributed by atoms with van der Waals surface area (Å²) in [6, 6.07) is 12.9. The van der Waals surface area contributed by atoms with E-state index in [0.29, 0.717) is 17.9 Å². The molecule has 0 saturated carbocycles. The first-order valence-corrected chi connectivity index (χ1v) is 12.8. The minimum Gasteiger partial charge on any atom is -0.494 e. The number of benzene rings is 2. The van der Waals surface area contributed by atoms with E-state index in [0.717, 1.165) is 36.7 Å². The number of halogens is 1. The van der Waals surface area contributed by atoms with Crippen molar-refractivity contribution in [2.75, 3.05) is 13.2 Å². The minimum atomic E-state index is -0.249. The van der Waals surface area contributed by atoms with Crippen LogP contribution in [-0.2, 0) is 0 Å². The molecular weight excluding hydrogens is 399 g/mol. The van der Waals surface area contributed by atoms with Gasteiger partial charge < -0.3 is 9.47 Å². The van der Waals surface area contributed by atoms with Crippen LogP contribution in [0, 0.1) is 11.7 Å². The Hall–Kier alpha value is -2.03. The number of hydrogen-bond donors (Lipinski definition) is 0. The fraction of sp³-hybridized carbons (Fsp3) is 0.586. The van der Waals surface area contributed by atoms with Crippen LogP contribution in [0.5, 0.6) is 11.5 Å². The second-order valence-corrected chi connectivity index (χ2v) is 8.99. The molecule has 2 rings (SSSR count). The third kappa shape index (κ3) is 10.1. The Bertz CT molecular complexity index is 741. The monoisotopic (exact) mass is 442 g/mol. The summed E-state index contributed by atoms with van der Waals surface area (Å²) in [7, 11) is 0. The molecule has 0 amide bonds. The van der Waals surface area contributed by atoms with Crippen molar-refractivity contribution in [1.82, 2.24) is 0 Å². The third-order valence-corrected chi connectivity index (χ3v) is 6.18. The molecule has 3 heteroatoms. The summed E-state index contributed by atoms with van der Waals surface area (Å²) < 4.78 is 26.2. The van der Waals surface area contributed by atoms with Gasteiger partial charge in [0.25, 0.3) is 0 Å². The van der Waals surface area contributed by atoms with E-state index in [1.54, 1.807) is 6.07 Å². The van der Waals surface area contributed by atoms with Gasteiger partial charge in [-0.2, -0.15) is 0 Å². The Balaban J connectivity index is 1.72. The van der Waals surface area contributed by atoms with Crippen LogP contribution in [0.25, 0.3) is 11.1 Å². The number of unbranched alkanes of at least 4 members (excludes halogenated alkanes) is 7. The maximum atomic E-state index is 14.7. The molecule has 0 spiro atoms. The third-order valence-electron chi connectivity index (χ3n) is 6.18. The number of hydrogen-bond acceptors (Lipinski definition) is 2. The topological polar surface area (TPSA) is 18.5 Å². The first kappa shape index (κ1) is 26.2. The van der Waals surface area contributed by atoms with Gasteiger partial charge in [-0.15, -0.1) is 0 Å². The van der Waals surface area contributed by atoms with Crippen molar-refractivity contribution in [2.45, 2.75) is 91.4 Å². The van der Waals surface area contributed by atoms with Crippen molar-refractivity contribution in [3.05, 3.63) is 48.3 Å². The summed E-state index contributed by atoms with van der Waals surface area (Å²) in [5.41, 5.74) is 1.44. The van der Waals surface area contributed by atoms with Gasteiger partial charge in [-0.3, -0.25) is 0 Å². The zero-order valence-electron chi connectivity index (χ0n) is 20.5. The Morgan fingerprint density at radius 2 is 1.31 bits per heavy atom. The molecule has 0 bridgehead atoms. The van der Waals surface area contributed by atoms with Gasteiger partial charge in [-0.25, -0.2) is 4.39 Å². The van der Waals surface area contributed by atoms with Crippen LogP contribution in [0.3, 0.4) is 0 Å². The molecular formula is C29H43FO2. The molecule has 1 atom stereocenters. The summed E-state index contributed by atoms with van der Waals surface area (Å²) in [4.78, 5) is 0. The molecule has 0 fully saturated rings. The Morgan fingerprint density at radius 3 is 1.97 bits per heavy atom. The standard InChI is InChI=1S/C29H43FO2/c1-4-6-7-8-9-10-11-12-21-32-27-19-20-28(29(30)23-27)25-15-17-26(18-16-25)31-22-13-14-24(3)5-2/h15-20,23-24H,4-14,21-22H2,1-3H3/t24-/m0/s1. The lowest BCUT2D eigenvalue weighted by atomic mass is 10.0. The fourth-order valence-electron chi connectivity index (χ4n) is 3.80. The van der Waals surface area contributed by atoms with Crippen LogP contribution in [0.2, 0.25) is 0 Å². The lowest BCUT2D eigenvalue weighted by molar-refractivity contribution is 0.294. The van der Waals surface area contributed by atoms with E-state index >= 15 is 0 Å². The quantitative estimate of drug-likeness (QED) is 0.227. The molecule has 0 N–H and O–H groups in total. The molecule has 0 aromatic heterocycles. The van der Waals surface area contributed by atoms with Crippen LogP contribution in [0.15, 0.2) is 42.5 Å². The Labute approximate surface area is 195 Å². The lowest BCUT2D eigenvalue weighted by Gasteiger charge is -2.11. The van der Waals surface area contributed by atoms with Crippen molar-refractivity contribution in [1.29, 1.82) is 0 Å². The normalized spacial score (nSPS) is 12.0. The average molecular weight is 443 g/mol. The lowest BCUT2D eigenvalue weighted by Crippen LogP contribution is -2.01. The maximum Gasteiger partial charge on any atom is 0.134 e. The van der Waals surface area contributed by atoms with E-state index in [1.165, 1.54) is 63.9 Å². The van der Waals surface area contributed by atoms with E-state index in [9.17, 15) is 4.39 Å². The predicted octanol–water partition coefficient (Wildman–Crippen LogP) is 9.22. The van der Waals surface area contributed by atoms with Crippen molar-refractivity contribution in [3.63, 3.8) is 0 Å². The predicted molar refractivity (Wildman–Crippen MR) is 134 cm³/mol. The smallest absolute Gasteiger partial charge is 0.134 e. The summed E-state index contributed by atoms with van der Waals surface area (Å²) in [5, 5.41) is 0. The molecule has 2 aromatic rings. The van der Waals surface area contributed by atoms with E-state index in [1.807, 2.05) is 30.3 Å². The average Bonchev–Trinajstić information content (AvgIpc) is 2.81. The fourth-order valence-corrected chi connectivity index (χ4v) is 3.80. The van der Waals surface area contributed by atoms with Gasteiger partial charge >= 0.3 is 0 Å². The van der Waals surface area contributed by atoms with E-state index < -0.39 is 0 Å². The zero-order chi connectivity index (χ0) is 23.0.